The molecule has 0 aliphatic carbocycles. The van der Waals surface area contributed by atoms with E-state index in [-0.39, 0.29) is 5.92 Å². The Morgan fingerprint density at radius 2 is 1.41 bits per heavy atom. The van der Waals surface area contributed by atoms with E-state index in [1.54, 1.807) is 13.8 Å². The zero-order valence-corrected chi connectivity index (χ0v) is 9.66. The van der Waals surface area contributed by atoms with Gasteiger partial charge in [-0.05, 0) is 5.92 Å². The maximum Gasteiger partial charge on any atom is 0.321 e. The van der Waals surface area contributed by atoms with Crippen molar-refractivity contribution < 1.29 is 29.7 Å². The predicted molar refractivity (Wildman–Crippen MR) is 58.3 cm³/mol. The molecule has 0 spiro atoms. The van der Waals surface area contributed by atoms with E-state index in [1.165, 1.54) is 0 Å². The van der Waals surface area contributed by atoms with Gasteiger partial charge in [0.2, 0.25) is 0 Å². The van der Waals surface area contributed by atoms with Gasteiger partial charge in [0.1, 0.15) is 12.1 Å². The molecular weight excluding hydrogens is 232 g/mol. The molecule has 0 saturated heterocycles. The lowest BCUT2D eigenvalue weighted by atomic mass is 10.1. The van der Waals surface area contributed by atoms with E-state index in [0.717, 1.165) is 0 Å². The quantitative estimate of drug-likeness (QED) is 0.411. The molecule has 7 N–H and O–H groups in total. The summed E-state index contributed by atoms with van der Waals surface area (Å²) in [5, 5.41) is 24.3. The molecule has 100 valence electrons. The lowest BCUT2D eigenvalue weighted by Crippen LogP contribution is -2.34. The normalized spacial score (nSPS) is 13.2. The van der Waals surface area contributed by atoms with Gasteiger partial charge in [-0.25, -0.2) is 0 Å². The average molecular weight is 250 g/mol. The van der Waals surface area contributed by atoms with E-state index in [1.807, 2.05) is 0 Å². The second kappa shape index (κ2) is 8.48. The molecule has 0 aromatic rings. The first-order valence-electron chi connectivity index (χ1n) is 4.78. The minimum Gasteiger partial charge on any atom is -0.481 e. The number of carboxylic acids is 3. The SMILES string of the molecule is CC(C)C(N)C(=O)O.NC(CC(=O)O)C(=O)O. The lowest BCUT2D eigenvalue weighted by molar-refractivity contribution is -0.144. The molecule has 8 heteroatoms. The molecule has 0 fully saturated rings. The van der Waals surface area contributed by atoms with Crippen molar-refractivity contribution in [2.24, 2.45) is 17.4 Å². The summed E-state index contributed by atoms with van der Waals surface area (Å²) in [7, 11) is 0. The van der Waals surface area contributed by atoms with Crippen LogP contribution in [0.2, 0.25) is 0 Å². The number of hydrogen-bond donors (Lipinski definition) is 5. The van der Waals surface area contributed by atoms with Crippen molar-refractivity contribution in [2.45, 2.75) is 32.4 Å². The minimum atomic E-state index is -1.29. The van der Waals surface area contributed by atoms with Crippen molar-refractivity contribution in [1.82, 2.24) is 0 Å². The topological polar surface area (TPSA) is 164 Å². The Morgan fingerprint density at radius 3 is 1.47 bits per heavy atom. The molecule has 0 saturated carbocycles. The van der Waals surface area contributed by atoms with Gasteiger partial charge in [-0.1, -0.05) is 13.8 Å². The third-order valence-corrected chi connectivity index (χ3v) is 1.72. The van der Waals surface area contributed by atoms with Crippen LogP contribution in [0.4, 0.5) is 0 Å². The van der Waals surface area contributed by atoms with Gasteiger partial charge < -0.3 is 26.8 Å². The largest absolute Gasteiger partial charge is 0.481 e. The highest BCUT2D eigenvalue weighted by molar-refractivity contribution is 5.80. The highest BCUT2D eigenvalue weighted by Gasteiger charge is 2.15. The molecule has 0 aromatic heterocycles. The maximum absolute atomic E-state index is 10.0. The van der Waals surface area contributed by atoms with E-state index in [9.17, 15) is 14.4 Å². The van der Waals surface area contributed by atoms with Crippen molar-refractivity contribution in [2.75, 3.05) is 0 Å². The molecule has 0 bridgehead atoms. The van der Waals surface area contributed by atoms with Crippen LogP contribution >= 0.6 is 0 Å². The molecule has 0 aliphatic heterocycles. The first-order chi connectivity index (χ1) is 7.59. The molecule has 0 heterocycles. The number of aliphatic carboxylic acids is 3. The summed E-state index contributed by atoms with van der Waals surface area (Å²) in [6.07, 6.45) is -0.532. The molecule has 0 aliphatic rings. The highest BCUT2D eigenvalue weighted by atomic mass is 16.4. The Morgan fingerprint density at radius 1 is 1.00 bits per heavy atom. The molecule has 0 amide bonds. The molecule has 8 nitrogen and oxygen atoms in total. The number of carbonyl (C=O) groups is 3. The van der Waals surface area contributed by atoms with Gasteiger partial charge in [0.25, 0.3) is 0 Å². The summed E-state index contributed by atoms with van der Waals surface area (Å²) in [6.45, 7) is 3.55. The second-order valence-corrected chi connectivity index (χ2v) is 3.65. The summed E-state index contributed by atoms with van der Waals surface area (Å²) in [5.74, 6) is -3.41. The number of nitrogens with two attached hydrogens (primary N) is 2. The third kappa shape index (κ3) is 10.6. The predicted octanol–water partition coefficient (Wildman–Crippen LogP) is -1.07. The molecule has 0 aromatic carbocycles. The maximum atomic E-state index is 10.0. The fraction of sp³-hybridized carbons (Fsp3) is 0.667. The monoisotopic (exact) mass is 250 g/mol. The van der Waals surface area contributed by atoms with Crippen LogP contribution in [0.15, 0.2) is 0 Å². The van der Waals surface area contributed by atoms with Crippen LogP contribution in [-0.2, 0) is 14.4 Å². The van der Waals surface area contributed by atoms with Crippen molar-refractivity contribution >= 4 is 17.9 Å². The van der Waals surface area contributed by atoms with Gasteiger partial charge in [0.05, 0.1) is 6.42 Å². The second-order valence-electron chi connectivity index (χ2n) is 3.65. The summed E-state index contributed by atoms with van der Waals surface area (Å²) >= 11 is 0. The van der Waals surface area contributed by atoms with E-state index < -0.39 is 36.4 Å². The van der Waals surface area contributed by atoms with Crippen LogP contribution in [0.1, 0.15) is 20.3 Å². The van der Waals surface area contributed by atoms with Gasteiger partial charge in [0.15, 0.2) is 0 Å². The number of rotatable bonds is 5. The van der Waals surface area contributed by atoms with Crippen molar-refractivity contribution in [3.63, 3.8) is 0 Å². The number of carboxylic acid groups (broad SMARTS) is 3. The molecule has 17 heavy (non-hydrogen) atoms. The Bertz CT molecular complexity index is 279. The van der Waals surface area contributed by atoms with Crippen LogP contribution in [0.25, 0.3) is 0 Å². The molecule has 0 radical (unpaired) electrons. The van der Waals surface area contributed by atoms with Crippen molar-refractivity contribution in [1.29, 1.82) is 0 Å². The van der Waals surface area contributed by atoms with E-state index in [4.69, 9.17) is 26.8 Å². The highest BCUT2D eigenvalue weighted by Crippen LogP contribution is 1.96. The van der Waals surface area contributed by atoms with Crippen molar-refractivity contribution in [3.05, 3.63) is 0 Å². The minimum absolute atomic E-state index is 0.0208. The Kier molecular flexibility index (Phi) is 8.84. The van der Waals surface area contributed by atoms with Crippen LogP contribution in [0, 0.1) is 5.92 Å². The fourth-order valence-corrected chi connectivity index (χ4v) is 0.561. The zero-order valence-electron chi connectivity index (χ0n) is 9.66. The van der Waals surface area contributed by atoms with Gasteiger partial charge in [-0.2, -0.15) is 0 Å². The smallest absolute Gasteiger partial charge is 0.321 e. The van der Waals surface area contributed by atoms with Gasteiger partial charge in [-0.15, -0.1) is 0 Å². The average Bonchev–Trinajstić information content (AvgIpc) is 2.15. The molecule has 0 rings (SSSR count). The number of hydrogen-bond acceptors (Lipinski definition) is 5. The van der Waals surface area contributed by atoms with Gasteiger partial charge in [-0.3, -0.25) is 14.4 Å². The Hall–Kier alpha value is -1.67. The summed E-state index contributed by atoms with van der Waals surface area (Å²) in [6, 6.07) is -2.00. The Balaban J connectivity index is 0. The molecule has 2 unspecified atom stereocenters. The molecule has 2 atom stereocenters. The standard InChI is InChI=1S/C5H11NO2.C4H7NO4/c1-3(2)4(6)5(7)8;5-2(4(8)9)1-3(6)7/h3-4H,6H2,1-2H3,(H,7,8);2H,1,5H2,(H,6,7)(H,8,9). The van der Waals surface area contributed by atoms with Crippen LogP contribution in [0.3, 0.4) is 0 Å². The molecular formula is C9H18N2O6. The van der Waals surface area contributed by atoms with Crippen LogP contribution in [-0.4, -0.2) is 45.3 Å². The first-order valence-corrected chi connectivity index (χ1v) is 4.78. The van der Waals surface area contributed by atoms with E-state index >= 15 is 0 Å². The lowest BCUT2D eigenvalue weighted by Gasteiger charge is -2.07. The fourth-order valence-electron chi connectivity index (χ4n) is 0.561. The summed E-state index contributed by atoms with van der Waals surface area (Å²) in [4.78, 5) is 29.6. The third-order valence-electron chi connectivity index (χ3n) is 1.72. The van der Waals surface area contributed by atoms with E-state index in [0.29, 0.717) is 0 Å². The van der Waals surface area contributed by atoms with Crippen LogP contribution in [0.5, 0.6) is 0 Å². The first kappa shape index (κ1) is 17.7. The van der Waals surface area contributed by atoms with Crippen molar-refractivity contribution in [3.8, 4) is 0 Å². The van der Waals surface area contributed by atoms with Gasteiger partial charge >= 0.3 is 17.9 Å². The summed E-state index contributed by atoms with van der Waals surface area (Å²) in [5.41, 5.74) is 10.00. The van der Waals surface area contributed by atoms with E-state index in [2.05, 4.69) is 0 Å². The Labute approximate surface area is 98.2 Å². The zero-order chi connectivity index (χ0) is 14.2. The summed E-state index contributed by atoms with van der Waals surface area (Å²) < 4.78 is 0. The van der Waals surface area contributed by atoms with Crippen LogP contribution < -0.4 is 11.5 Å². The van der Waals surface area contributed by atoms with Gasteiger partial charge in [0, 0.05) is 0 Å².